The number of benzene rings is 2. The van der Waals surface area contributed by atoms with Crippen LogP contribution in [0.3, 0.4) is 0 Å². The van der Waals surface area contributed by atoms with Gasteiger partial charge in [-0.2, -0.15) is 0 Å². The second-order valence-corrected chi connectivity index (χ2v) is 33.3. The second-order valence-electron chi connectivity index (χ2n) is 33.3. The molecule has 0 saturated heterocycles. The van der Waals surface area contributed by atoms with Crippen LogP contribution in [0.1, 0.15) is 401 Å². The molecule has 0 N–H and O–H groups in total. The minimum Gasteiger partial charge on any atom is -0.379 e. The van der Waals surface area contributed by atoms with Crippen LogP contribution in [0, 0.1) is 47.3 Å². The van der Waals surface area contributed by atoms with Crippen LogP contribution < -0.4 is 0 Å². The molecule has 0 bridgehead atoms. The highest BCUT2D eigenvalue weighted by molar-refractivity contribution is 5.14. The average Bonchev–Trinajstić information content (AvgIpc) is 1.86. The Balaban J connectivity index is 1.34. The Kier molecular flexibility index (Phi) is 65.5. The van der Waals surface area contributed by atoms with Crippen LogP contribution in [0.2, 0.25) is 0 Å². The van der Waals surface area contributed by atoms with Crippen LogP contribution >= 0.6 is 0 Å². The van der Waals surface area contributed by atoms with Crippen LogP contribution in [0.5, 0.6) is 0 Å². The second kappa shape index (κ2) is 69.6. The van der Waals surface area contributed by atoms with Crippen molar-refractivity contribution in [1.29, 1.82) is 0 Å². The van der Waals surface area contributed by atoms with Gasteiger partial charge in [0.15, 0.2) is 0 Å². The van der Waals surface area contributed by atoms with Crippen LogP contribution in [-0.4, -0.2) is 65.1 Å². The Morgan fingerprint density at radius 3 is 0.643 bits per heavy atom. The van der Waals surface area contributed by atoms with Gasteiger partial charge in [-0.3, -0.25) is 0 Å². The van der Waals surface area contributed by atoms with Crippen molar-refractivity contribution in [3.63, 3.8) is 0 Å². The minimum absolute atomic E-state index is 0.00182. The van der Waals surface area contributed by atoms with Gasteiger partial charge in [-0.05, 0) is 84.2 Å². The summed E-state index contributed by atoms with van der Waals surface area (Å²) in [6, 6.07) is 21.0. The van der Waals surface area contributed by atoms with Crippen molar-refractivity contribution < 1.29 is 28.4 Å². The van der Waals surface area contributed by atoms with Crippen LogP contribution in [0.25, 0.3) is 0 Å². The van der Waals surface area contributed by atoms with Crippen molar-refractivity contribution in [2.24, 2.45) is 47.3 Å². The van der Waals surface area contributed by atoms with Crippen molar-refractivity contribution in [2.75, 3.05) is 52.9 Å². The lowest BCUT2D eigenvalue weighted by molar-refractivity contribution is -0.0662. The summed E-state index contributed by atoms with van der Waals surface area (Å²) in [7, 11) is 0. The Morgan fingerprint density at radius 2 is 0.408 bits per heavy atom. The lowest BCUT2D eigenvalue weighted by atomic mass is 9.91. The molecule has 0 aromatic heterocycles. The van der Waals surface area contributed by atoms with Crippen molar-refractivity contribution in [2.45, 2.75) is 416 Å². The van der Waals surface area contributed by atoms with Gasteiger partial charge in [0.1, 0.15) is 12.2 Å². The molecule has 0 aliphatic rings. The van der Waals surface area contributed by atoms with Gasteiger partial charge in [0.2, 0.25) is 0 Å². The van der Waals surface area contributed by atoms with Gasteiger partial charge in [-0.1, -0.05) is 425 Å². The molecule has 0 fully saturated rings. The van der Waals surface area contributed by atoms with Crippen LogP contribution in [0.4, 0.5) is 0 Å². The molecule has 0 radical (unpaired) electrons. The Hall–Kier alpha value is -1.80. The average molecular weight is 1370 g/mol. The van der Waals surface area contributed by atoms with E-state index in [4.69, 9.17) is 28.4 Å². The van der Waals surface area contributed by atoms with Gasteiger partial charge in [0.05, 0.1) is 39.6 Å². The van der Waals surface area contributed by atoms with Gasteiger partial charge in [0.25, 0.3) is 0 Å². The first kappa shape index (κ1) is 92.3. The van der Waals surface area contributed by atoms with E-state index in [2.05, 4.69) is 130 Å². The predicted octanol–water partition coefficient (Wildman–Crippen LogP) is 28.9. The molecular formula is C92H170O6. The van der Waals surface area contributed by atoms with Crippen molar-refractivity contribution in [3.8, 4) is 0 Å². The van der Waals surface area contributed by atoms with Gasteiger partial charge >= 0.3 is 0 Å². The van der Waals surface area contributed by atoms with E-state index >= 15 is 0 Å². The topological polar surface area (TPSA) is 55.4 Å². The third kappa shape index (κ3) is 63.9. The van der Waals surface area contributed by atoms with Gasteiger partial charge in [0, 0.05) is 26.4 Å². The Bertz CT molecular complexity index is 1720. The highest BCUT2D eigenvalue weighted by Crippen LogP contribution is 2.26. The summed E-state index contributed by atoms with van der Waals surface area (Å²) in [5, 5.41) is 0. The normalized spacial score (nSPS) is 14.5. The Morgan fingerprint density at radius 1 is 0.204 bits per heavy atom. The number of ether oxygens (including phenoxy) is 6. The highest BCUT2D eigenvalue weighted by atomic mass is 16.6. The molecule has 2 rings (SSSR count). The number of rotatable bonds is 77. The standard InChI is InChI=1S/C92H170O6/c1-81(2)53-47-55-83(5)57-49-59-85(7)61-51-63-87(9)69-73-97-91(79-95-75-89-65-41-39-42-66-89)77-93-71-45-37-35-33-31-29-27-25-23-21-19-17-15-13-11-12-14-16-18-20-22-24-26-28-30-32-34-36-38-46-72-94-78-92(80-96-76-90-67-43-40-44-68-90)98-74-70-88(10)64-52-62-86(8)60-50-58-84(6)56-48-54-82(3)4/h39-44,65-68,81-88,91-92H,11-38,45-64,69-80H2,1-10H3/t83-,84-,85-,86-,87?,88?,91-,92-/m1/s1. The summed E-state index contributed by atoms with van der Waals surface area (Å²) in [5.74, 6) is 6.56. The van der Waals surface area contributed by atoms with Crippen LogP contribution in [0.15, 0.2) is 60.7 Å². The molecule has 2 unspecified atom stereocenters. The molecule has 0 saturated carbocycles. The molecular weight excluding hydrogens is 1200 g/mol. The van der Waals surface area contributed by atoms with Gasteiger partial charge in [-0.15, -0.1) is 0 Å². The predicted molar refractivity (Wildman–Crippen MR) is 429 cm³/mol. The maximum atomic E-state index is 6.44. The molecule has 2 aromatic rings. The van der Waals surface area contributed by atoms with E-state index in [-0.39, 0.29) is 12.2 Å². The first-order chi connectivity index (χ1) is 47.9. The van der Waals surface area contributed by atoms with E-state index in [1.807, 2.05) is 0 Å². The fraction of sp³-hybridized carbons (Fsp3) is 0.870. The molecule has 0 aliphatic carbocycles. The Labute approximate surface area is 612 Å². The summed E-state index contributed by atoms with van der Waals surface area (Å²) in [6.07, 6.45) is 69.0. The molecule has 574 valence electrons. The zero-order valence-electron chi connectivity index (χ0n) is 67.4. The molecule has 98 heavy (non-hydrogen) atoms. The van der Waals surface area contributed by atoms with Gasteiger partial charge < -0.3 is 28.4 Å². The zero-order chi connectivity index (χ0) is 70.7. The van der Waals surface area contributed by atoms with E-state index in [0.717, 1.165) is 87.6 Å². The van der Waals surface area contributed by atoms with Crippen LogP contribution in [-0.2, 0) is 41.6 Å². The molecule has 6 nitrogen and oxygen atoms in total. The highest BCUT2D eigenvalue weighted by Gasteiger charge is 2.16. The quantitative estimate of drug-likeness (QED) is 0.0615. The maximum absolute atomic E-state index is 6.44. The zero-order valence-corrected chi connectivity index (χ0v) is 67.4. The van der Waals surface area contributed by atoms with E-state index in [0.29, 0.717) is 51.5 Å². The largest absolute Gasteiger partial charge is 0.379 e. The van der Waals surface area contributed by atoms with Crippen molar-refractivity contribution in [1.82, 2.24) is 0 Å². The fourth-order valence-corrected chi connectivity index (χ4v) is 14.6. The smallest absolute Gasteiger partial charge is 0.104 e. The summed E-state index contributed by atoms with van der Waals surface area (Å²) in [6.45, 7) is 31.1. The van der Waals surface area contributed by atoms with E-state index in [1.54, 1.807) is 0 Å². The lowest BCUT2D eigenvalue weighted by Gasteiger charge is -2.20. The monoisotopic (exact) mass is 1370 g/mol. The number of unbranched alkanes of at least 4 members (excludes halogenated alkanes) is 29. The first-order valence-electron chi connectivity index (χ1n) is 43.5. The fourth-order valence-electron chi connectivity index (χ4n) is 14.6. The third-order valence-electron chi connectivity index (χ3n) is 21.7. The third-order valence-corrected chi connectivity index (χ3v) is 21.7. The summed E-state index contributed by atoms with van der Waals surface area (Å²) in [5.41, 5.74) is 2.43. The molecule has 0 spiro atoms. The molecule has 6 heteroatoms. The molecule has 0 heterocycles. The number of hydrogen-bond donors (Lipinski definition) is 0. The minimum atomic E-state index is -0.00182. The van der Waals surface area contributed by atoms with Crippen molar-refractivity contribution >= 4 is 0 Å². The summed E-state index contributed by atoms with van der Waals surface area (Å²) < 4.78 is 37.6. The van der Waals surface area contributed by atoms with E-state index in [9.17, 15) is 0 Å². The molecule has 2 aromatic carbocycles. The summed E-state index contributed by atoms with van der Waals surface area (Å²) in [4.78, 5) is 0. The first-order valence-corrected chi connectivity index (χ1v) is 43.5. The number of hydrogen-bond acceptors (Lipinski definition) is 6. The van der Waals surface area contributed by atoms with E-state index in [1.165, 1.54) is 306 Å². The molecule has 8 atom stereocenters. The van der Waals surface area contributed by atoms with Gasteiger partial charge in [-0.25, -0.2) is 0 Å². The maximum Gasteiger partial charge on any atom is 0.104 e. The molecule has 0 aliphatic heterocycles. The molecule has 0 amide bonds. The van der Waals surface area contributed by atoms with E-state index < -0.39 is 0 Å². The SMILES string of the molecule is CC(C)CCC[C@@H](C)CCC[C@@H](C)CCCC(C)CCO[C@H](COCCCCCCCCCCCCCCCCCCCCCCCCCCCCCCCCOC[C@H](COCc1ccccc1)OCCC(C)CCC[C@H](C)CCC[C@H](C)CCCC(C)C)COCc1ccccc1. The summed E-state index contributed by atoms with van der Waals surface area (Å²) >= 11 is 0. The van der Waals surface area contributed by atoms with Crippen molar-refractivity contribution in [3.05, 3.63) is 71.8 Å². The lowest BCUT2D eigenvalue weighted by Crippen LogP contribution is -2.27.